The van der Waals surface area contributed by atoms with Gasteiger partial charge in [-0.25, -0.2) is 0 Å². The lowest BCUT2D eigenvalue weighted by atomic mass is 10.0. The van der Waals surface area contributed by atoms with E-state index in [1.807, 2.05) is 0 Å². The van der Waals surface area contributed by atoms with Crippen LogP contribution in [0, 0.1) is 0 Å². The molecule has 0 heterocycles. The van der Waals surface area contributed by atoms with Crippen LogP contribution in [0.5, 0.6) is 0 Å². The lowest BCUT2D eigenvalue weighted by Crippen LogP contribution is -2.39. The fraction of sp³-hybridized carbons (Fsp3) is 0.889. The summed E-state index contributed by atoms with van der Waals surface area (Å²) in [6.07, 6.45) is 14.6. The zero-order valence-electron chi connectivity index (χ0n) is 14.4. The normalized spacial score (nSPS) is 12.3. The summed E-state index contributed by atoms with van der Waals surface area (Å²) in [5.74, 6) is -0.0357. The van der Waals surface area contributed by atoms with Crippen molar-refractivity contribution in [2.75, 3.05) is 7.05 Å². The molecule has 0 radical (unpaired) electrons. The Kier molecular flexibility index (Phi) is 13.8. The average molecular weight is 297 g/mol. The van der Waals surface area contributed by atoms with Gasteiger partial charge in [0.2, 0.25) is 0 Å². The number of likely N-dealkylation sites (N-methyl/N-ethyl adjacent to an activating group) is 1. The number of nitrogens with one attached hydrogen (secondary N) is 1. The van der Waals surface area contributed by atoms with Crippen LogP contribution < -0.4 is 5.32 Å². The van der Waals surface area contributed by atoms with Crippen molar-refractivity contribution in [1.29, 1.82) is 0 Å². The molecule has 0 aliphatic carbocycles. The van der Waals surface area contributed by atoms with Crippen molar-refractivity contribution in [3.63, 3.8) is 0 Å². The van der Waals surface area contributed by atoms with Crippen LogP contribution in [0.15, 0.2) is 0 Å². The van der Waals surface area contributed by atoms with Crippen LogP contribution in [0.1, 0.15) is 90.9 Å². The number of unbranched alkanes of at least 4 members (excludes halogenated alkanes) is 10. The van der Waals surface area contributed by atoms with Crippen molar-refractivity contribution in [1.82, 2.24) is 5.32 Å². The van der Waals surface area contributed by atoms with E-state index in [0.29, 0.717) is 6.42 Å². The van der Waals surface area contributed by atoms with Gasteiger partial charge in [0, 0.05) is 6.42 Å². The van der Waals surface area contributed by atoms with E-state index in [2.05, 4.69) is 12.2 Å². The van der Waals surface area contributed by atoms with E-state index in [1.165, 1.54) is 64.7 Å². The van der Waals surface area contributed by atoms with Gasteiger partial charge in [-0.3, -0.25) is 9.59 Å². The first kappa shape index (κ1) is 20.3. The van der Waals surface area contributed by atoms with Crippen LogP contribution in [0.2, 0.25) is 0 Å². The number of hydrogen-bond acceptors (Lipinski definition) is 3. The van der Waals surface area contributed by atoms with Crippen molar-refractivity contribution in [3.05, 3.63) is 0 Å². The third-order valence-corrected chi connectivity index (χ3v) is 4.04. The molecule has 0 aromatic carbocycles. The van der Waals surface area contributed by atoms with E-state index in [0.717, 1.165) is 12.8 Å². The fourth-order valence-corrected chi connectivity index (χ4v) is 2.70. The maximum absolute atomic E-state index is 11.8. The van der Waals surface area contributed by atoms with E-state index in [9.17, 15) is 9.59 Å². The smallest absolute Gasteiger partial charge is 0.157 e. The van der Waals surface area contributed by atoms with Crippen molar-refractivity contribution >= 4 is 11.6 Å². The summed E-state index contributed by atoms with van der Waals surface area (Å²) < 4.78 is 0. The third-order valence-electron chi connectivity index (χ3n) is 4.04. The zero-order chi connectivity index (χ0) is 15.9. The van der Waals surface area contributed by atoms with Gasteiger partial charge in [0.05, 0.1) is 0 Å². The molecule has 0 spiro atoms. The van der Waals surface area contributed by atoms with Crippen LogP contribution >= 0.6 is 0 Å². The van der Waals surface area contributed by atoms with Crippen molar-refractivity contribution in [2.24, 2.45) is 0 Å². The van der Waals surface area contributed by atoms with Crippen molar-refractivity contribution in [2.45, 2.75) is 96.9 Å². The highest BCUT2D eigenvalue weighted by molar-refractivity contribution is 6.05. The van der Waals surface area contributed by atoms with Gasteiger partial charge in [0.1, 0.15) is 6.04 Å². The molecule has 0 fully saturated rings. The summed E-state index contributed by atoms with van der Waals surface area (Å²) in [6, 6.07) is -0.590. The monoisotopic (exact) mass is 297 g/mol. The van der Waals surface area contributed by atoms with E-state index >= 15 is 0 Å². The van der Waals surface area contributed by atoms with Gasteiger partial charge in [0.15, 0.2) is 11.6 Å². The van der Waals surface area contributed by atoms with Gasteiger partial charge in [-0.15, -0.1) is 0 Å². The summed E-state index contributed by atoms with van der Waals surface area (Å²) in [7, 11) is 1.67. The molecule has 3 nitrogen and oxygen atoms in total. The maximum atomic E-state index is 11.8. The van der Waals surface area contributed by atoms with Gasteiger partial charge in [-0.1, -0.05) is 71.1 Å². The molecule has 0 rings (SSSR count). The van der Waals surface area contributed by atoms with Gasteiger partial charge in [0.25, 0.3) is 0 Å². The topological polar surface area (TPSA) is 46.2 Å². The van der Waals surface area contributed by atoms with Gasteiger partial charge < -0.3 is 5.32 Å². The van der Waals surface area contributed by atoms with Crippen LogP contribution in [-0.2, 0) is 9.59 Å². The molecule has 0 aliphatic rings. The second-order valence-electron chi connectivity index (χ2n) is 6.08. The van der Waals surface area contributed by atoms with Crippen LogP contribution in [-0.4, -0.2) is 24.7 Å². The number of carbonyl (C=O) groups excluding carboxylic acids is 2. The minimum atomic E-state index is -0.590. The SMILES string of the molecule is CCCCCCCCCCCCCC(=O)[C@H](NC)C(C)=O. The highest BCUT2D eigenvalue weighted by Crippen LogP contribution is 2.12. The largest absolute Gasteiger partial charge is 0.304 e. The molecule has 0 aliphatic heterocycles. The van der Waals surface area contributed by atoms with Gasteiger partial charge >= 0.3 is 0 Å². The Labute approximate surface area is 131 Å². The average Bonchev–Trinajstić information content (AvgIpc) is 2.45. The van der Waals surface area contributed by atoms with E-state index in [4.69, 9.17) is 0 Å². The van der Waals surface area contributed by atoms with Crippen LogP contribution in [0.25, 0.3) is 0 Å². The molecule has 0 aromatic rings. The molecule has 0 saturated carbocycles. The van der Waals surface area contributed by atoms with Crippen LogP contribution in [0.4, 0.5) is 0 Å². The van der Waals surface area contributed by atoms with Crippen molar-refractivity contribution in [3.8, 4) is 0 Å². The Morgan fingerprint density at radius 3 is 1.62 bits per heavy atom. The molecular formula is C18H35NO2. The zero-order valence-corrected chi connectivity index (χ0v) is 14.4. The molecule has 0 amide bonds. The van der Waals surface area contributed by atoms with E-state index in [1.54, 1.807) is 7.05 Å². The lowest BCUT2D eigenvalue weighted by Gasteiger charge is -2.10. The summed E-state index contributed by atoms with van der Waals surface area (Å²) in [5.41, 5.74) is 0. The first-order valence-electron chi connectivity index (χ1n) is 8.83. The standard InChI is InChI=1S/C18H35NO2/c1-4-5-6-7-8-9-10-11-12-13-14-15-17(21)18(19-3)16(2)20/h18-19H,4-15H2,1-3H3/t18-/m1/s1. The minimum Gasteiger partial charge on any atom is -0.304 e. The predicted molar refractivity (Wildman–Crippen MR) is 89.6 cm³/mol. The number of ketones is 2. The number of rotatable bonds is 15. The quantitative estimate of drug-likeness (QED) is 0.359. The van der Waals surface area contributed by atoms with Crippen molar-refractivity contribution < 1.29 is 9.59 Å². The Morgan fingerprint density at radius 1 is 0.810 bits per heavy atom. The fourth-order valence-electron chi connectivity index (χ4n) is 2.70. The predicted octanol–water partition coefficient (Wildman–Crippen LogP) is 4.43. The number of Topliss-reactive ketones (excluding diaryl/α,β-unsaturated/α-hetero) is 2. The summed E-state index contributed by atoms with van der Waals surface area (Å²) >= 11 is 0. The molecular weight excluding hydrogens is 262 g/mol. The lowest BCUT2D eigenvalue weighted by molar-refractivity contribution is -0.128. The highest BCUT2D eigenvalue weighted by atomic mass is 16.2. The summed E-state index contributed by atoms with van der Waals surface area (Å²) in [6.45, 7) is 3.72. The van der Waals surface area contributed by atoms with Crippen LogP contribution in [0.3, 0.4) is 0 Å². The Hall–Kier alpha value is -0.700. The molecule has 1 atom stereocenters. The molecule has 3 heteroatoms. The maximum Gasteiger partial charge on any atom is 0.157 e. The second kappa shape index (κ2) is 14.2. The first-order valence-corrected chi connectivity index (χ1v) is 8.83. The minimum absolute atomic E-state index is 0.0425. The van der Waals surface area contributed by atoms with E-state index < -0.39 is 6.04 Å². The molecule has 21 heavy (non-hydrogen) atoms. The first-order chi connectivity index (χ1) is 10.1. The number of hydrogen-bond donors (Lipinski definition) is 1. The highest BCUT2D eigenvalue weighted by Gasteiger charge is 2.19. The Bertz CT molecular complexity index is 276. The van der Waals surface area contributed by atoms with E-state index in [-0.39, 0.29) is 11.6 Å². The molecule has 1 N–H and O–H groups in total. The molecule has 124 valence electrons. The molecule has 0 aromatic heterocycles. The summed E-state index contributed by atoms with van der Waals surface area (Å²) in [4.78, 5) is 23.0. The summed E-state index contributed by atoms with van der Waals surface area (Å²) in [5, 5.41) is 2.79. The third kappa shape index (κ3) is 11.6. The van der Waals surface area contributed by atoms with Gasteiger partial charge in [-0.05, 0) is 20.4 Å². The second-order valence-corrected chi connectivity index (χ2v) is 6.08. The Morgan fingerprint density at radius 2 is 1.24 bits per heavy atom. The van der Waals surface area contributed by atoms with Gasteiger partial charge in [-0.2, -0.15) is 0 Å². The molecule has 0 bridgehead atoms. The molecule has 0 saturated heterocycles. The Balaban J connectivity index is 3.36. The molecule has 0 unspecified atom stereocenters. The number of carbonyl (C=O) groups is 2.